The standard InChI is InChI=1S/C14H20O4/c1-9-4-5-10-8-14(9,13(10,2)3)18-12(17)7-6-11(15)16/h6-7,9-10H,4-5,8H2,1-3H3,(H,15,16)/b7-6-. The Kier molecular flexibility index (Phi) is 2.99. The van der Waals surface area contributed by atoms with Crippen LogP contribution in [0.15, 0.2) is 12.2 Å². The molecular formula is C14H20O4. The second-order valence-corrected chi connectivity index (χ2v) is 6.08. The van der Waals surface area contributed by atoms with Gasteiger partial charge in [0.05, 0.1) is 0 Å². The van der Waals surface area contributed by atoms with Crippen molar-refractivity contribution in [3.63, 3.8) is 0 Å². The maximum absolute atomic E-state index is 11.7. The van der Waals surface area contributed by atoms with Gasteiger partial charge in [0.15, 0.2) is 0 Å². The lowest BCUT2D eigenvalue weighted by atomic mass is 9.42. The SMILES string of the molecule is CC1CCC2CC1(OC(=O)/C=C\C(=O)O)C2(C)C. The summed E-state index contributed by atoms with van der Waals surface area (Å²) in [4.78, 5) is 22.1. The Balaban J connectivity index is 2.12. The Morgan fingerprint density at radius 3 is 2.44 bits per heavy atom. The molecule has 3 aliphatic rings. The summed E-state index contributed by atoms with van der Waals surface area (Å²) in [6.07, 6.45) is 5.01. The van der Waals surface area contributed by atoms with Gasteiger partial charge < -0.3 is 9.84 Å². The van der Waals surface area contributed by atoms with Crippen LogP contribution in [0, 0.1) is 17.3 Å². The van der Waals surface area contributed by atoms with Crippen LogP contribution in [0.25, 0.3) is 0 Å². The van der Waals surface area contributed by atoms with Gasteiger partial charge >= 0.3 is 11.9 Å². The predicted octanol–water partition coefficient (Wildman–Crippen LogP) is 2.39. The first kappa shape index (κ1) is 13.1. The van der Waals surface area contributed by atoms with Gasteiger partial charge in [-0.05, 0) is 31.1 Å². The fourth-order valence-electron chi connectivity index (χ4n) is 3.71. The number of ether oxygens (including phenoxy) is 1. The Labute approximate surface area is 107 Å². The zero-order valence-corrected chi connectivity index (χ0v) is 11.1. The molecule has 0 aromatic heterocycles. The minimum Gasteiger partial charge on any atom is -0.478 e. The fourth-order valence-corrected chi connectivity index (χ4v) is 3.71. The van der Waals surface area contributed by atoms with Gasteiger partial charge in [-0.15, -0.1) is 0 Å². The molecule has 0 aliphatic heterocycles. The molecule has 2 bridgehead atoms. The van der Waals surface area contributed by atoms with Crippen molar-refractivity contribution in [1.29, 1.82) is 0 Å². The number of aliphatic carboxylic acids is 1. The van der Waals surface area contributed by atoms with Crippen LogP contribution in [0.2, 0.25) is 0 Å². The molecule has 4 nitrogen and oxygen atoms in total. The van der Waals surface area contributed by atoms with Gasteiger partial charge in [-0.3, -0.25) is 0 Å². The maximum atomic E-state index is 11.7. The van der Waals surface area contributed by atoms with Crippen molar-refractivity contribution >= 4 is 11.9 Å². The van der Waals surface area contributed by atoms with Gasteiger partial charge in [0.2, 0.25) is 0 Å². The zero-order chi connectivity index (χ0) is 13.6. The summed E-state index contributed by atoms with van der Waals surface area (Å²) in [5, 5.41) is 8.50. The second-order valence-electron chi connectivity index (χ2n) is 6.08. The maximum Gasteiger partial charge on any atom is 0.331 e. The number of carboxylic acid groups (broad SMARTS) is 1. The first-order chi connectivity index (χ1) is 8.29. The average Bonchev–Trinajstić information content (AvgIpc) is 2.28. The quantitative estimate of drug-likeness (QED) is 0.618. The lowest BCUT2D eigenvalue weighted by Gasteiger charge is -2.66. The lowest BCUT2D eigenvalue weighted by molar-refractivity contribution is -0.264. The van der Waals surface area contributed by atoms with Crippen molar-refractivity contribution in [2.24, 2.45) is 17.3 Å². The van der Waals surface area contributed by atoms with Crippen LogP contribution in [0.5, 0.6) is 0 Å². The van der Waals surface area contributed by atoms with Gasteiger partial charge in [-0.25, -0.2) is 9.59 Å². The summed E-state index contributed by atoms with van der Waals surface area (Å²) in [6.45, 7) is 6.40. The van der Waals surface area contributed by atoms with Crippen LogP contribution in [0.1, 0.15) is 40.0 Å². The van der Waals surface area contributed by atoms with Gasteiger partial charge in [0.25, 0.3) is 0 Å². The van der Waals surface area contributed by atoms with Crippen LogP contribution in [-0.2, 0) is 14.3 Å². The fraction of sp³-hybridized carbons (Fsp3) is 0.714. The molecule has 1 N–H and O–H groups in total. The lowest BCUT2D eigenvalue weighted by Crippen LogP contribution is -2.68. The number of esters is 1. The van der Waals surface area contributed by atoms with Crippen molar-refractivity contribution in [3.8, 4) is 0 Å². The first-order valence-corrected chi connectivity index (χ1v) is 6.43. The number of carboxylic acids is 1. The first-order valence-electron chi connectivity index (χ1n) is 6.43. The van der Waals surface area contributed by atoms with Crippen LogP contribution >= 0.6 is 0 Å². The van der Waals surface area contributed by atoms with Crippen LogP contribution in [-0.4, -0.2) is 22.6 Å². The molecule has 3 unspecified atom stereocenters. The highest BCUT2D eigenvalue weighted by Crippen LogP contribution is 2.65. The molecule has 18 heavy (non-hydrogen) atoms. The number of carbonyl (C=O) groups is 2. The summed E-state index contributed by atoms with van der Waals surface area (Å²) >= 11 is 0. The van der Waals surface area contributed by atoms with E-state index in [1.54, 1.807) is 0 Å². The van der Waals surface area contributed by atoms with E-state index < -0.39 is 17.5 Å². The van der Waals surface area contributed by atoms with E-state index in [0.717, 1.165) is 25.0 Å². The molecular weight excluding hydrogens is 232 g/mol. The van der Waals surface area contributed by atoms with E-state index in [1.165, 1.54) is 6.42 Å². The highest BCUT2D eigenvalue weighted by atomic mass is 16.6. The van der Waals surface area contributed by atoms with Crippen molar-refractivity contribution in [2.75, 3.05) is 0 Å². The van der Waals surface area contributed by atoms with E-state index in [-0.39, 0.29) is 5.41 Å². The van der Waals surface area contributed by atoms with Crippen molar-refractivity contribution < 1.29 is 19.4 Å². The molecule has 100 valence electrons. The summed E-state index contributed by atoms with van der Waals surface area (Å²) in [6, 6.07) is 0. The van der Waals surface area contributed by atoms with Crippen LogP contribution in [0.4, 0.5) is 0 Å². The minimum absolute atomic E-state index is 0.00259. The smallest absolute Gasteiger partial charge is 0.331 e. The van der Waals surface area contributed by atoms with E-state index in [1.807, 2.05) is 0 Å². The molecule has 0 aromatic carbocycles. The molecule has 0 heterocycles. The molecule has 3 aliphatic carbocycles. The number of fused-ring (bicyclic) bond motifs is 2. The monoisotopic (exact) mass is 252 g/mol. The molecule has 0 amide bonds. The highest BCUT2D eigenvalue weighted by Gasteiger charge is 2.67. The predicted molar refractivity (Wildman–Crippen MR) is 65.9 cm³/mol. The van der Waals surface area contributed by atoms with E-state index in [9.17, 15) is 9.59 Å². The summed E-state index contributed by atoms with van der Waals surface area (Å²) in [5.74, 6) is -0.728. The number of hydrogen-bond donors (Lipinski definition) is 1. The van der Waals surface area contributed by atoms with E-state index in [0.29, 0.717) is 11.8 Å². The van der Waals surface area contributed by atoms with Crippen molar-refractivity contribution in [1.82, 2.24) is 0 Å². The number of carbonyl (C=O) groups excluding carboxylic acids is 1. The Hall–Kier alpha value is -1.32. The normalized spacial score (nSPS) is 37.1. The third-order valence-corrected chi connectivity index (χ3v) is 5.05. The summed E-state index contributed by atoms with van der Waals surface area (Å²) in [5.41, 5.74) is -0.409. The molecule has 3 saturated carbocycles. The summed E-state index contributed by atoms with van der Waals surface area (Å²) < 4.78 is 5.63. The molecule has 3 atom stereocenters. The average molecular weight is 252 g/mol. The molecule has 0 saturated heterocycles. The number of hydrogen-bond acceptors (Lipinski definition) is 3. The van der Waals surface area contributed by atoms with E-state index in [2.05, 4.69) is 20.8 Å². The van der Waals surface area contributed by atoms with Crippen LogP contribution < -0.4 is 0 Å². The third-order valence-electron chi connectivity index (χ3n) is 5.05. The third kappa shape index (κ3) is 1.74. The Morgan fingerprint density at radius 1 is 1.28 bits per heavy atom. The topological polar surface area (TPSA) is 63.6 Å². The van der Waals surface area contributed by atoms with E-state index >= 15 is 0 Å². The van der Waals surface area contributed by atoms with Gasteiger partial charge in [0.1, 0.15) is 5.60 Å². The second kappa shape index (κ2) is 4.11. The Bertz CT molecular complexity index is 410. The molecule has 3 rings (SSSR count). The van der Waals surface area contributed by atoms with Gasteiger partial charge in [-0.1, -0.05) is 20.8 Å². The molecule has 0 aromatic rings. The summed E-state index contributed by atoms with van der Waals surface area (Å²) in [7, 11) is 0. The molecule has 0 radical (unpaired) electrons. The highest BCUT2D eigenvalue weighted by molar-refractivity contribution is 5.91. The Morgan fingerprint density at radius 2 is 1.94 bits per heavy atom. The largest absolute Gasteiger partial charge is 0.478 e. The zero-order valence-electron chi connectivity index (χ0n) is 11.1. The van der Waals surface area contributed by atoms with Crippen LogP contribution in [0.3, 0.4) is 0 Å². The van der Waals surface area contributed by atoms with Crippen molar-refractivity contribution in [2.45, 2.75) is 45.6 Å². The molecule has 0 spiro atoms. The van der Waals surface area contributed by atoms with E-state index in [4.69, 9.17) is 9.84 Å². The van der Waals surface area contributed by atoms with Crippen molar-refractivity contribution in [3.05, 3.63) is 12.2 Å². The molecule has 3 fully saturated rings. The van der Waals surface area contributed by atoms with Gasteiger partial charge in [0, 0.05) is 17.6 Å². The number of rotatable bonds is 3. The minimum atomic E-state index is -1.13. The molecule has 4 heteroatoms. The van der Waals surface area contributed by atoms with Gasteiger partial charge in [-0.2, -0.15) is 0 Å².